The number of amides is 1. The fourth-order valence-electron chi connectivity index (χ4n) is 4.01. The van der Waals surface area contributed by atoms with Crippen molar-refractivity contribution in [2.75, 3.05) is 50.0 Å². The van der Waals surface area contributed by atoms with Gasteiger partial charge in [0, 0.05) is 59.7 Å². The second-order valence-electron chi connectivity index (χ2n) is 7.43. The minimum Gasteiger partial charge on any atom is -0.394 e. The molecule has 30 heavy (non-hydrogen) atoms. The first-order valence-corrected chi connectivity index (χ1v) is 10.9. The zero-order valence-electron chi connectivity index (χ0n) is 16.4. The predicted molar refractivity (Wildman–Crippen MR) is 122 cm³/mol. The summed E-state index contributed by atoms with van der Waals surface area (Å²) in [4.78, 5) is 20.9. The van der Waals surface area contributed by atoms with Gasteiger partial charge in [0.05, 0.1) is 11.3 Å². The van der Waals surface area contributed by atoms with Crippen LogP contribution in [-0.4, -0.2) is 55.8 Å². The van der Waals surface area contributed by atoms with E-state index in [9.17, 15) is 4.79 Å². The van der Waals surface area contributed by atoms with Crippen LogP contribution in [0.3, 0.4) is 0 Å². The molecule has 0 unspecified atom stereocenters. The van der Waals surface area contributed by atoms with Crippen molar-refractivity contribution in [1.29, 1.82) is 0 Å². The number of para-hydroxylation sites is 1. The van der Waals surface area contributed by atoms with Crippen molar-refractivity contribution < 1.29 is 9.63 Å². The molecular formula is C22H22BrN5O2. The average molecular weight is 468 g/mol. The molecule has 1 saturated heterocycles. The lowest BCUT2D eigenvalue weighted by molar-refractivity contribution is -0.110. The Morgan fingerprint density at radius 3 is 2.70 bits per heavy atom. The number of benzene rings is 2. The number of nitrogens with one attached hydrogen (secondary N) is 3. The van der Waals surface area contributed by atoms with E-state index in [2.05, 4.69) is 41.9 Å². The summed E-state index contributed by atoms with van der Waals surface area (Å²) in [5.41, 5.74) is 5.39. The molecular weight excluding hydrogens is 446 g/mol. The molecule has 5 rings (SSSR count). The van der Waals surface area contributed by atoms with Gasteiger partial charge in [-0.25, -0.2) is 0 Å². The third-order valence-electron chi connectivity index (χ3n) is 5.52. The molecule has 0 radical (unpaired) electrons. The van der Waals surface area contributed by atoms with Crippen molar-refractivity contribution in [3.63, 3.8) is 0 Å². The molecule has 2 aromatic carbocycles. The van der Waals surface area contributed by atoms with Crippen molar-refractivity contribution in [2.24, 2.45) is 5.16 Å². The summed E-state index contributed by atoms with van der Waals surface area (Å²) in [5.74, 6) is -0.146. The molecule has 2 aromatic rings. The monoisotopic (exact) mass is 467 g/mol. The van der Waals surface area contributed by atoms with Gasteiger partial charge in [-0.1, -0.05) is 39.3 Å². The summed E-state index contributed by atoms with van der Waals surface area (Å²) in [5, 5.41) is 14.1. The molecule has 0 spiro atoms. The summed E-state index contributed by atoms with van der Waals surface area (Å²) >= 11 is 3.51. The Kier molecular flexibility index (Phi) is 5.28. The van der Waals surface area contributed by atoms with E-state index < -0.39 is 0 Å². The maximum Gasteiger partial charge on any atom is 0.258 e. The van der Waals surface area contributed by atoms with E-state index in [0.717, 1.165) is 59.7 Å². The number of carbonyl (C=O) groups excluding carboxylic acids is 1. The van der Waals surface area contributed by atoms with Gasteiger partial charge < -0.3 is 20.8 Å². The van der Waals surface area contributed by atoms with Crippen LogP contribution in [0.15, 0.2) is 57.8 Å². The number of piperazine rings is 1. The Balaban J connectivity index is 1.47. The first-order chi connectivity index (χ1) is 14.7. The normalized spacial score (nSPS) is 21.9. The molecule has 1 amide bonds. The van der Waals surface area contributed by atoms with E-state index >= 15 is 0 Å². The highest BCUT2D eigenvalue weighted by Crippen LogP contribution is 2.40. The zero-order valence-corrected chi connectivity index (χ0v) is 18.0. The van der Waals surface area contributed by atoms with E-state index in [-0.39, 0.29) is 5.91 Å². The Morgan fingerprint density at radius 1 is 1.03 bits per heavy atom. The molecule has 0 aliphatic carbocycles. The number of fused-ring (bicyclic) bond motifs is 2. The quantitative estimate of drug-likeness (QED) is 0.366. The van der Waals surface area contributed by atoms with Crippen LogP contribution in [0.25, 0.3) is 5.57 Å². The van der Waals surface area contributed by atoms with Crippen LogP contribution in [0.5, 0.6) is 0 Å². The van der Waals surface area contributed by atoms with Crippen molar-refractivity contribution in [2.45, 2.75) is 0 Å². The number of carbonyl (C=O) groups is 1. The number of rotatable bonds is 4. The number of allylic oxidation sites excluding steroid dienone is 1. The van der Waals surface area contributed by atoms with Gasteiger partial charge in [-0.05, 0) is 24.3 Å². The van der Waals surface area contributed by atoms with Gasteiger partial charge in [-0.15, -0.1) is 0 Å². The van der Waals surface area contributed by atoms with Crippen LogP contribution in [0.1, 0.15) is 11.1 Å². The Hall–Kier alpha value is -2.68. The van der Waals surface area contributed by atoms with Crippen LogP contribution in [0.4, 0.5) is 11.4 Å². The maximum absolute atomic E-state index is 12.8. The van der Waals surface area contributed by atoms with Crippen LogP contribution in [0, 0.1) is 0 Å². The van der Waals surface area contributed by atoms with Gasteiger partial charge in [-0.3, -0.25) is 9.69 Å². The highest BCUT2D eigenvalue weighted by Gasteiger charge is 2.34. The van der Waals surface area contributed by atoms with E-state index in [4.69, 9.17) is 4.84 Å². The first kappa shape index (κ1) is 19.3. The molecule has 0 bridgehead atoms. The van der Waals surface area contributed by atoms with E-state index in [0.29, 0.717) is 23.6 Å². The summed E-state index contributed by atoms with van der Waals surface area (Å²) in [6.45, 7) is 5.38. The fourth-order valence-corrected chi connectivity index (χ4v) is 4.37. The lowest BCUT2D eigenvalue weighted by Gasteiger charge is -2.26. The van der Waals surface area contributed by atoms with Gasteiger partial charge in [0.1, 0.15) is 12.3 Å². The summed E-state index contributed by atoms with van der Waals surface area (Å²) in [6, 6.07) is 13.6. The number of hydrogen-bond acceptors (Lipinski definition) is 6. The van der Waals surface area contributed by atoms with Gasteiger partial charge in [0.25, 0.3) is 5.91 Å². The second kappa shape index (κ2) is 8.22. The molecule has 3 heterocycles. The van der Waals surface area contributed by atoms with Gasteiger partial charge >= 0.3 is 0 Å². The molecule has 0 aromatic heterocycles. The molecule has 7 nitrogen and oxygen atoms in total. The summed E-state index contributed by atoms with van der Waals surface area (Å²) in [7, 11) is 0. The highest BCUT2D eigenvalue weighted by molar-refractivity contribution is 9.10. The van der Waals surface area contributed by atoms with Gasteiger partial charge in [0.15, 0.2) is 0 Å². The summed E-state index contributed by atoms with van der Waals surface area (Å²) < 4.78 is 0.914. The first-order valence-electron chi connectivity index (χ1n) is 10.1. The zero-order chi connectivity index (χ0) is 20.5. The highest BCUT2D eigenvalue weighted by atomic mass is 79.9. The lowest BCUT2D eigenvalue weighted by Crippen LogP contribution is -2.44. The number of hydrogen-bond donors (Lipinski definition) is 3. The average Bonchev–Trinajstić information content (AvgIpc) is 3.28. The number of nitrogens with zero attached hydrogens (tertiary/aromatic N) is 2. The molecule has 0 atom stereocenters. The molecule has 3 aliphatic heterocycles. The number of anilines is 2. The lowest BCUT2D eigenvalue weighted by atomic mass is 10.0. The molecule has 3 N–H and O–H groups in total. The largest absolute Gasteiger partial charge is 0.394 e. The number of oxime groups is 1. The van der Waals surface area contributed by atoms with Gasteiger partial charge in [-0.2, -0.15) is 0 Å². The van der Waals surface area contributed by atoms with Crippen LogP contribution in [-0.2, 0) is 9.63 Å². The standard InChI is InChI=1S/C22H22BrN5O2/c23-14-5-6-18-16(13-14)19(22(29)26-18)21-20(15-3-1-2-4-17(15)25-21)27-30-12-11-28-9-7-24-8-10-28/h1-6,13,24-25H,7-12H2,(H,26,29)/b21-19-,27-20+. The fraction of sp³-hybridized carbons (Fsp3) is 0.273. The third-order valence-corrected chi connectivity index (χ3v) is 6.01. The topological polar surface area (TPSA) is 78.0 Å². The van der Waals surface area contributed by atoms with Crippen molar-refractivity contribution >= 4 is 44.5 Å². The minimum absolute atomic E-state index is 0.146. The number of halogens is 1. The molecule has 154 valence electrons. The maximum atomic E-state index is 12.8. The molecule has 0 saturated carbocycles. The van der Waals surface area contributed by atoms with Crippen molar-refractivity contribution in [3.05, 3.63) is 63.8 Å². The van der Waals surface area contributed by atoms with E-state index in [1.165, 1.54) is 0 Å². The predicted octanol–water partition coefficient (Wildman–Crippen LogP) is 2.86. The SMILES string of the molecule is O=C1Nc2ccc(Br)cc2/C1=C1/Nc2ccccc2/C1=N\OCCN1CCNCC1. The van der Waals surface area contributed by atoms with Crippen LogP contribution in [0.2, 0.25) is 0 Å². The van der Waals surface area contributed by atoms with Crippen LogP contribution < -0.4 is 16.0 Å². The van der Waals surface area contributed by atoms with Gasteiger partial charge in [0.2, 0.25) is 0 Å². The Labute approximate surface area is 183 Å². The summed E-state index contributed by atoms with van der Waals surface area (Å²) in [6.07, 6.45) is 0. The Morgan fingerprint density at radius 2 is 1.83 bits per heavy atom. The minimum atomic E-state index is -0.146. The third kappa shape index (κ3) is 3.62. The second-order valence-corrected chi connectivity index (χ2v) is 8.35. The molecule has 3 aliphatic rings. The van der Waals surface area contributed by atoms with E-state index in [1.54, 1.807) is 0 Å². The smallest absolute Gasteiger partial charge is 0.258 e. The van der Waals surface area contributed by atoms with Crippen molar-refractivity contribution in [1.82, 2.24) is 10.2 Å². The Bertz CT molecular complexity index is 1060. The molecule has 1 fully saturated rings. The van der Waals surface area contributed by atoms with Crippen molar-refractivity contribution in [3.8, 4) is 0 Å². The van der Waals surface area contributed by atoms with E-state index in [1.807, 2.05) is 42.5 Å². The van der Waals surface area contributed by atoms with Crippen LogP contribution >= 0.6 is 15.9 Å². The molecule has 8 heteroatoms.